The molecule has 0 aliphatic heterocycles. The van der Waals surface area contributed by atoms with E-state index in [-0.39, 0.29) is 34.4 Å². The van der Waals surface area contributed by atoms with Crippen molar-refractivity contribution < 1.29 is 17.6 Å². The predicted octanol–water partition coefficient (Wildman–Crippen LogP) is 2.81. The van der Waals surface area contributed by atoms with Crippen LogP contribution in [0.1, 0.15) is 21.7 Å². The molecule has 0 fully saturated rings. The third-order valence-electron chi connectivity index (χ3n) is 4.09. The number of aromatic amines is 1. The van der Waals surface area contributed by atoms with Crippen LogP contribution in [0.2, 0.25) is 5.02 Å². The fourth-order valence-electron chi connectivity index (χ4n) is 2.62. The summed E-state index contributed by atoms with van der Waals surface area (Å²) >= 11 is 6.07. The van der Waals surface area contributed by atoms with E-state index < -0.39 is 10.0 Å². The number of hydrogen-bond acceptors (Lipinski definition) is 5. The molecule has 3 rings (SSSR count). The summed E-state index contributed by atoms with van der Waals surface area (Å²) in [6, 6.07) is 8.34. The lowest BCUT2D eigenvalue weighted by Gasteiger charge is -2.08. The molecule has 10 heteroatoms. The number of hydrogen-bond donors (Lipinski definition) is 2. The van der Waals surface area contributed by atoms with E-state index in [2.05, 4.69) is 14.9 Å². The van der Waals surface area contributed by atoms with Crippen molar-refractivity contribution in [1.82, 2.24) is 19.8 Å². The summed E-state index contributed by atoms with van der Waals surface area (Å²) in [5.41, 5.74) is 1.25. The Morgan fingerprint density at radius 3 is 2.71 bits per heavy atom. The maximum atomic E-state index is 12.7. The zero-order chi connectivity index (χ0) is 20.5. The number of H-pyrrole nitrogens is 1. The Hall–Kier alpha value is -2.62. The molecular formula is C18H19ClN4O4S. The van der Waals surface area contributed by atoms with Gasteiger partial charge in [0, 0.05) is 31.7 Å². The minimum Gasteiger partial charge on any atom is -0.458 e. The second-order valence-corrected chi connectivity index (χ2v) is 8.45. The molecule has 0 aliphatic rings. The largest absolute Gasteiger partial charge is 0.458 e. The molecule has 148 valence electrons. The predicted molar refractivity (Wildman–Crippen MR) is 105 cm³/mol. The van der Waals surface area contributed by atoms with Gasteiger partial charge in [0.1, 0.15) is 16.3 Å². The first-order valence-corrected chi connectivity index (χ1v) is 10.2. The van der Waals surface area contributed by atoms with Crippen LogP contribution in [0.25, 0.3) is 11.5 Å². The molecule has 2 N–H and O–H groups in total. The molecule has 0 radical (unpaired) electrons. The average molecular weight is 423 g/mol. The van der Waals surface area contributed by atoms with Crippen LogP contribution in [0, 0.1) is 6.92 Å². The number of nitrogens with zero attached hydrogens (tertiary/aromatic N) is 2. The van der Waals surface area contributed by atoms with E-state index in [0.717, 1.165) is 0 Å². The highest BCUT2D eigenvalue weighted by molar-refractivity contribution is 7.89. The first kappa shape index (κ1) is 20.1. The van der Waals surface area contributed by atoms with Gasteiger partial charge in [-0.25, -0.2) is 13.1 Å². The molecular weight excluding hydrogens is 404 g/mol. The molecule has 1 aromatic carbocycles. The third kappa shape index (κ3) is 3.96. The fraction of sp³-hybridized carbons (Fsp3) is 0.222. The van der Waals surface area contributed by atoms with E-state index in [0.29, 0.717) is 16.3 Å². The molecule has 28 heavy (non-hydrogen) atoms. The van der Waals surface area contributed by atoms with Gasteiger partial charge in [-0.15, -0.1) is 0 Å². The average Bonchev–Trinajstić information content (AvgIpc) is 3.27. The van der Waals surface area contributed by atoms with E-state index >= 15 is 0 Å². The number of benzene rings is 1. The van der Waals surface area contributed by atoms with Crippen molar-refractivity contribution in [2.75, 3.05) is 14.1 Å². The number of carbonyl (C=O) groups is 1. The first-order valence-electron chi connectivity index (χ1n) is 8.29. The van der Waals surface area contributed by atoms with E-state index in [1.807, 2.05) is 0 Å². The summed E-state index contributed by atoms with van der Waals surface area (Å²) in [5.74, 6) is 0.122. The van der Waals surface area contributed by atoms with Gasteiger partial charge in [0.2, 0.25) is 10.0 Å². The zero-order valence-corrected chi connectivity index (χ0v) is 17.1. The van der Waals surface area contributed by atoms with Crippen LogP contribution >= 0.6 is 11.6 Å². The lowest BCUT2D eigenvalue weighted by Crippen LogP contribution is -2.23. The van der Waals surface area contributed by atoms with Crippen molar-refractivity contribution in [3.8, 4) is 11.5 Å². The Balaban J connectivity index is 1.89. The Bertz CT molecular complexity index is 1120. The number of furan rings is 1. The van der Waals surface area contributed by atoms with E-state index in [1.165, 1.54) is 24.1 Å². The van der Waals surface area contributed by atoms with Crippen molar-refractivity contribution in [2.24, 2.45) is 0 Å². The van der Waals surface area contributed by atoms with Crippen LogP contribution in [-0.4, -0.2) is 43.5 Å². The van der Waals surface area contributed by atoms with Crippen molar-refractivity contribution in [3.63, 3.8) is 0 Å². The van der Waals surface area contributed by atoms with Gasteiger partial charge in [-0.3, -0.25) is 9.89 Å². The molecule has 0 saturated heterocycles. The molecule has 0 spiro atoms. The smallest absolute Gasteiger partial charge is 0.257 e. The Kier molecular flexibility index (Phi) is 5.59. The van der Waals surface area contributed by atoms with Gasteiger partial charge in [-0.05, 0) is 18.6 Å². The topological polar surface area (TPSA) is 108 Å². The Morgan fingerprint density at radius 1 is 1.32 bits per heavy atom. The van der Waals surface area contributed by atoms with E-state index in [4.69, 9.17) is 16.0 Å². The van der Waals surface area contributed by atoms with Crippen molar-refractivity contribution in [2.45, 2.75) is 18.4 Å². The van der Waals surface area contributed by atoms with Crippen LogP contribution < -0.4 is 4.72 Å². The van der Waals surface area contributed by atoms with Gasteiger partial charge in [0.15, 0.2) is 5.76 Å². The molecule has 0 saturated carbocycles. The van der Waals surface area contributed by atoms with Gasteiger partial charge in [0.05, 0.1) is 11.8 Å². The molecule has 0 atom stereocenters. The number of carbonyl (C=O) groups excluding carboxylic acids is 1. The van der Waals surface area contributed by atoms with Gasteiger partial charge in [0.25, 0.3) is 5.91 Å². The number of rotatable bonds is 6. The maximum Gasteiger partial charge on any atom is 0.257 e. The monoisotopic (exact) mass is 422 g/mol. The van der Waals surface area contributed by atoms with Gasteiger partial charge in [-0.2, -0.15) is 5.10 Å². The number of amides is 1. The van der Waals surface area contributed by atoms with Crippen molar-refractivity contribution >= 4 is 27.5 Å². The van der Waals surface area contributed by atoms with Crippen LogP contribution in [0.15, 0.2) is 45.8 Å². The zero-order valence-electron chi connectivity index (χ0n) is 15.5. The summed E-state index contributed by atoms with van der Waals surface area (Å²) in [7, 11) is -0.633. The Morgan fingerprint density at radius 2 is 2.04 bits per heavy atom. The fourth-order valence-corrected chi connectivity index (χ4v) is 4.01. The molecule has 2 heterocycles. The second-order valence-electron chi connectivity index (χ2n) is 6.31. The molecule has 8 nitrogen and oxygen atoms in total. The molecule has 0 bridgehead atoms. The van der Waals surface area contributed by atoms with Crippen LogP contribution in [-0.2, 0) is 16.6 Å². The maximum absolute atomic E-state index is 12.7. The summed E-state index contributed by atoms with van der Waals surface area (Å²) < 4.78 is 33.6. The molecule has 3 aromatic rings. The second kappa shape index (κ2) is 7.78. The third-order valence-corrected chi connectivity index (χ3v) is 5.97. The lowest BCUT2D eigenvalue weighted by atomic mass is 10.2. The molecule has 0 unspecified atom stereocenters. The Labute approximate surface area is 167 Å². The van der Waals surface area contributed by atoms with Gasteiger partial charge in [-0.1, -0.05) is 29.8 Å². The number of aryl methyl sites for hydroxylation is 1. The normalized spacial score (nSPS) is 11.6. The SMILES string of the molecule is Cc1oc(-c2[nH]ncc2C(=O)N(C)C)cc1S(=O)(=O)NCc1ccccc1Cl. The highest BCUT2D eigenvalue weighted by Gasteiger charge is 2.25. The lowest BCUT2D eigenvalue weighted by molar-refractivity contribution is 0.0828. The highest BCUT2D eigenvalue weighted by Crippen LogP contribution is 2.29. The van der Waals surface area contributed by atoms with E-state index in [1.54, 1.807) is 38.4 Å². The minimum atomic E-state index is -3.86. The quantitative estimate of drug-likeness (QED) is 0.635. The van der Waals surface area contributed by atoms with Crippen molar-refractivity contribution in [3.05, 3.63) is 58.4 Å². The first-order chi connectivity index (χ1) is 13.2. The number of nitrogens with one attached hydrogen (secondary N) is 2. The van der Waals surface area contributed by atoms with E-state index in [9.17, 15) is 13.2 Å². The summed E-state index contributed by atoms with van der Waals surface area (Å²) in [6.07, 6.45) is 1.37. The van der Waals surface area contributed by atoms with Gasteiger partial charge < -0.3 is 9.32 Å². The summed E-state index contributed by atoms with van der Waals surface area (Å²) in [5, 5.41) is 7.04. The number of aromatic nitrogens is 2. The van der Waals surface area contributed by atoms with Gasteiger partial charge >= 0.3 is 0 Å². The number of halogens is 1. The number of sulfonamides is 1. The standard InChI is InChI=1S/C18H19ClN4O4S/c1-11-16(28(25,26)21-9-12-6-4-5-7-14(12)19)8-15(27-11)17-13(10-20-22-17)18(24)23(2)3/h4-8,10,21H,9H2,1-3H3,(H,20,22). The minimum absolute atomic E-state index is 0.0209. The van der Waals surface area contributed by atoms with Crippen molar-refractivity contribution in [1.29, 1.82) is 0 Å². The van der Waals surface area contributed by atoms with Crippen LogP contribution in [0.3, 0.4) is 0 Å². The molecule has 2 aromatic heterocycles. The van der Waals surface area contributed by atoms with Crippen LogP contribution in [0.5, 0.6) is 0 Å². The van der Waals surface area contributed by atoms with Crippen LogP contribution in [0.4, 0.5) is 0 Å². The molecule has 0 aliphatic carbocycles. The molecule has 1 amide bonds. The summed E-state index contributed by atoms with van der Waals surface area (Å²) in [6.45, 7) is 1.58. The highest BCUT2D eigenvalue weighted by atomic mass is 35.5. The summed E-state index contributed by atoms with van der Waals surface area (Å²) in [4.78, 5) is 13.6.